The molecule has 0 aliphatic carbocycles. The highest BCUT2D eigenvalue weighted by atomic mass is 16.6. The van der Waals surface area contributed by atoms with Crippen LogP contribution in [0.1, 0.15) is 67.9 Å². The highest BCUT2D eigenvalue weighted by molar-refractivity contribution is 5.83. The molecule has 1 fully saturated rings. The molecule has 1 aliphatic rings. The van der Waals surface area contributed by atoms with Gasteiger partial charge in [0.25, 0.3) is 0 Å². The molecule has 1 heterocycles. The second kappa shape index (κ2) is 14.5. The zero-order chi connectivity index (χ0) is 32.7. The summed E-state index contributed by atoms with van der Waals surface area (Å²) in [5, 5.41) is 2.33. The molecule has 1 aliphatic heterocycles. The third-order valence-corrected chi connectivity index (χ3v) is 6.83. The van der Waals surface area contributed by atoms with Crippen LogP contribution in [0.4, 0.5) is 14.4 Å². The zero-order valence-corrected chi connectivity index (χ0v) is 28.1. The summed E-state index contributed by atoms with van der Waals surface area (Å²) in [5.41, 5.74) is -0.881. The second-order valence-electron chi connectivity index (χ2n) is 14.4. The van der Waals surface area contributed by atoms with Crippen LogP contribution >= 0.6 is 0 Å². The molecule has 1 saturated heterocycles. The van der Waals surface area contributed by atoms with Gasteiger partial charge in [-0.3, -0.25) is 4.90 Å². The first kappa shape index (κ1) is 35.0. The van der Waals surface area contributed by atoms with Crippen molar-refractivity contribution in [1.82, 2.24) is 19.6 Å². The summed E-state index contributed by atoms with van der Waals surface area (Å²) in [4.78, 5) is 46.9. The lowest BCUT2D eigenvalue weighted by Gasteiger charge is -2.35. The number of ether oxygens (including phenoxy) is 3. The number of nitrogens with zero attached hydrogens (tertiary/aromatic N) is 4. The Labute approximate surface area is 263 Å². The normalized spacial score (nSPS) is 16.6. The van der Waals surface area contributed by atoms with Gasteiger partial charge in [0.15, 0.2) is 0 Å². The number of fused-ring (bicyclic) bond motifs is 1. The minimum Gasteiger partial charge on any atom is -0.444 e. The number of benzene rings is 2. The summed E-state index contributed by atoms with van der Waals surface area (Å²) < 4.78 is 17.2. The predicted octanol–water partition coefficient (Wildman–Crippen LogP) is 6.37. The van der Waals surface area contributed by atoms with Crippen molar-refractivity contribution in [3.8, 4) is 0 Å². The first-order valence-electron chi connectivity index (χ1n) is 15.5. The van der Waals surface area contributed by atoms with Gasteiger partial charge in [-0.2, -0.15) is 0 Å². The number of hydrogen-bond donors (Lipinski definition) is 0. The number of amides is 3. The van der Waals surface area contributed by atoms with E-state index >= 15 is 0 Å². The Kier molecular flexibility index (Phi) is 11.5. The van der Waals surface area contributed by atoms with Crippen LogP contribution in [-0.4, -0.2) is 107 Å². The molecule has 244 valence electrons. The largest absolute Gasteiger partial charge is 0.444 e. The summed E-state index contributed by atoms with van der Waals surface area (Å²) >= 11 is 0. The van der Waals surface area contributed by atoms with E-state index in [1.54, 1.807) is 14.7 Å². The second-order valence-corrected chi connectivity index (χ2v) is 14.4. The molecule has 3 amide bonds. The van der Waals surface area contributed by atoms with E-state index in [2.05, 4.69) is 35.2 Å². The lowest BCUT2D eigenvalue weighted by molar-refractivity contribution is 0.00450. The summed E-state index contributed by atoms with van der Waals surface area (Å²) in [6.07, 6.45) is -1.36. The molecule has 0 radical (unpaired) electrons. The summed E-state index contributed by atoms with van der Waals surface area (Å²) in [6, 6.07) is 14.7. The van der Waals surface area contributed by atoms with E-state index in [1.165, 1.54) is 5.39 Å². The van der Waals surface area contributed by atoms with E-state index in [-0.39, 0.29) is 26.2 Å². The van der Waals surface area contributed by atoms with Gasteiger partial charge in [0.1, 0.15) is 16.8 Å². The molecule has 44 heavy (non-hydrogen) atoms. The maximum Gasteiger partial charge on any atom is 0.410 e. The van der Waals surface area contributed by atoms with Gasteiger partial charge in [-0.05, 0) is 84.7 Å². The molecule has 2 aromatic rings. The van der Waals surface area contributed by atoms with Crippen LogP contribution in [0.15, 0.2) is 42.5 Å². The van der Waals surface area contributed by atoms with E-state index in [0.717, 1.165) is 10.9 Å². The molecule has 0 aromatic heterocycles. The molecule has 0 N–H and O–H groups in total. The number of rotatable bonds is 2. The Morgan fingerprint density at radius 2 is 0.909 bits per heavy atom. The smallest absolute Gasteiger partial charge is 0.410 e. The fourth-order valence-corrected chi connectivity index (χ4v) is 4.73. The molecular weight excluding hydrogens is 560 g/mol. The van der Waals surface area contributed by atoms with Crippen molar-refractivity contribution in [2.45, 2.75) is 85.7 Å². The fourth-order valence-electron chi connectivity index (χ4n) is 4.73. The van der Waals surface area contributed by atoms with Gasteiger partial charge in [-0.1, -0.05) is 36.4 Å². The van der Waals surface area contributed by atoms with Crippen molar-refractivity contribution in [3.63, 3.8) is 0 Å². The van der Waals surface area contributed by atoms with Gasteiger partial charge >= 0.3 is 18.3 Å². The van der Waals surface area contributed by atoms with Gasteiger partial charge in [-0.15, -0.1) is 0 Å². The molecule has 0 spiro atoms. The van der Waals surface area contributed by atoms with Crippen LogP contribution in [-0.2, 0) is 20.8 Å². The average Bonchev–Trinajstić information content (AvgIpc) is 2.87. The SMILES string of the molecule is CC(C)(C)OC(=O)N1CCN(Cc2ccc3ccccc3c2)CCN(C(=O)OC(C)(C)C)CCN(C(=O)OC(C)(C)C)CC1. The number of hydrogen-bond acceptors (Lipinski definition) is 7. The van der Waals surface area contributed by atoms with Crippen molar-refractivity contribution < 1.29 is 28.6 Å². The van der Waals surface area contributed by atoms with Crippen LogP contribution in [0, 0.1) is 0 Å². The van der Waals surface area contributed by atoms with Crippen molar-refractivity contribution in [1.29, 1.82) is 0 Å². The van der Waals surface area contributed by atoms with E-state index in [1.807, 2.05) is 74.4 Å². The Morgan fingerprint density at radius 1 is 0.545 bits per heavy atom. The molecule has 3 rings (SSSR count). The van der Waals surface area contributed by atoms with Gasteiger partial charge in [0, 0.05) is 58.9 Å². The van der Waals surface area contributed by atoms with E-state index in [4.69, 9.17) is 14.2 Å². The predicted molar refractivity (Wildman–Crippen MR) is 173 cm³/mol. The van der Waals surface area contributed by atoms with Crippen molar-refractivity contribution in [2.75, 3.05) is 52.4 Å². The van der Waals surface area contributed by atoms with Crippen LogP contribution in [0.25, 0.3) is 10.8 Å². The Morgan fingerprint density at radius 3 is 1.30 bits per heavy atom. The maximum atomic E-state index is 13.3. The standard InChI is InChI=1S/C34H52N4O6/c1-32(2,3)42-29(39)36-18-16-35(25-26-14-15-27-12-10-11-13-28(27)24-26)17-19-37(30(40)43-33(4,5)6)21-23-38(22-20-36)31(41)44-34(7,8)9/h10-15,24H,16-23,25H2,1-9H3. The minimum absolute atomic E-state index is 0.223. The first-order valence-corrected chi connectivity index (χ1v) is 15.5. The van der Waals surface area contributed by atoms with Crippen LogP contribution in [0.3, 0.4) is 0 Å². The van der Waals surface area contributed by atoms with Gasteiger partial charge in [0.05, 0.1) is 0 Å². The van der Waals surface area contributed by atoms with Crippen LogP contribution in [0.2, 0.25) is 0 Å². The third-order valence-electron chi connectivity index (χ3n) is 6.83. The zero-order valence-electron chi connectivity index (χ0n) is 28.1. The Balaban J connectivity index is 1.90. The van der Waals surface area contributed by atoms with E-state index < -0.39 is 35.1 Å². The van der Waals surface area contributed by atoms with E-state index in [9.17, 15) is 14.4 Å². The summed E-state index contributed by atoms with van der Waals surface area (Å²) in [5.74, 6) is 0. The van der Waals surface area contributed by atoms with Gasteiger partial charge in [-0.25, -0.2) is 14.4 Å². The third kappa shape index (κ3) is 11.9. The first-order chi connectivity index (χ1) is 20.4. The molecule has 10 heteroatoms. The average molecular weight is 613 g/mol. The molecular formula is C34H52N4O6. The fraction of sp³-hybridized carbons (Fsp3) is 0.618. The van der Waals surface area contributed by atoms with Crippen LogP contribution < -0.4 is 0 Å². The van der Waals surface area contributed by atoms with Crippen LogP contribution in [0.5, 0.6) is 0 Å². The van der Waals surface area contributed by atoms with Crippen molar-refractivity contribution >= 4 is 29.1 Å². The Bertz CT molecular complexity index is 1230. The minimum atomic E-state index is -0.695. The summed E-state index contributed by atoms with van der Waals surface area (Å²) in [7, 11) is 0. The topological polar surface area (TPSA) is 91.9 Å². The van der Waals surface area contributed by atoms with Crippen molar-refractivity contribution in [2.24, 2.45) is 0 Å². The quantitative estimate of drug-likeness (QED) is 0.364. The van der Waals surface area contributed by atoms with Gasteiger partial charge < -0.3 is 28.9 Å². The summed E-state index contributed by atoms with van der Waals surface area (Å²) in [6.45, 7) is 19.9. The highest BCUT2D eigenvalue weighted by Gasteiger charge is 2.29. The lowest BCUT2D eigenvalue weighted by atomic mass is 10.1. The molecule has 0 bridgehead atoms. The molecule has 2 aromatic carbocycles. The van der Waals surface area contributed by atoms with E-state index in [0.29, 0.717) is 32.7 Å². The highest BCUT2D eigenvalue weighted by Crippen LogP contribution is 2.19. The lowest BCUT2D eigenvalue weighted by Crippen LogP contribution is -2.51. The van der Waals surface area contributed by atoms with Crippen molar-refractivity contribution in [3.05, 3.63) is 48.0 Å². The maximum absolute atomic E-state index is 13.3. The molecule has 0 unspecified atom stereocenters. The molecule has 0 atom stereocenters. The Hall–Kier alpha value is -3.53. The number of carbonyl (C=O) groups is 3. The number of carbonyl (C=O) groups excluding carboxylic acids is 3. The van der Waals surface area contributed by atoms with Gasteiger partial charge in [0.2, 0.25) is 0 Å². The molecule has 0 saturated carbocycles. The monoisotopic (exact) mass is 612 g/mol. The molecule has 10 nitrogen and oxygen atoms in total.